The highest BCUT2D eigenvalue weighted by Crippen LogP contribution is 2.17. The van der Waals surface area contributed by atoms with Gasteiger partial charge in [-0.25, -0.2) is 9.59 Å². The third kappa shape index (κ3) is 4.30. The van der Waals surface area contributed by atoms with Crippen molar-refractivity contribution in [3.63, 3.8) is 0 Å². The quantitative estimate of drug-likeness (QED) is 0.476. The number of ether oxygens (including phenoxy) is 2. The molecule has 8 heteroatoms. The lowest BCUT2D eigenvalue weighted by atomic mass is 10.2. The van der Waals surface area contributed by atoms with E-state index in [9.17, 15) is 19.2 Å². The minimum atomic E-state index is -0.817. The number of hydrogen-bond acceptors (Lipinski definition) is 6. The molecule has 1 aliphatic heterocycles. The monoisotopic (exact) mass is 306 g/mol. The molecule has 2 N–H and O–H groups in total. The maximum Gasteiger partial charge on any atom is 0.415 e. The van der Waals surface area contributed by atoms with Gasteiger partial charge in [-0.15, -0.1) is 0 Å². The summed E-state index contributed by atoms with van der Waals surface area (Å²) in [6, 6.07) is 5.45. The van der Waals surface area contributed by atoms with Crippen LogP contribution in [-0.4, -0.2) is 30.0 Å². The zero-order chi connectivity index (χ0) is 16.1. The lowest BCUT2D eigenvalue weighted by Crippen LogP contribution is -2.29. The lowest BCUT2D eigenvalue weighted by Gasteiger charge is -2.07. The summed E-state index contributed by atoms with van der Waals surface area (Å²) in [5, 5.41) is 4.88. The van der Waals surface area contributed by atoms with Crippen LogP contribution in [0.4, 0.5) is 10.5 Å². The van der Waals surface area contributed by atoms with Crippen LogP contribution < -0.4 is 15.4 Å². The van der Waals surface area contributed by atoms with Crippen LogP contribution in [0.25, 0.3) is 0 Å². The molecule has 1 fully saturated rings. The fourth-order valence-corrected chi connectivity index (χ4v) is 1.84. The summed E-state index contributed by atoms with van der Waals surface area (Å²) >= 11 is 0. The van der Waals surface area contributed by atoms with E-state index < -0.39 is 24.1 Å². The standard InChI is InChI=1S/C14H14N2O6/c1-8(17)15-9-2-4-10(5-3-9)21-12(18)7-6-11-13(19)22-14(20)16-11/h2-5,11H,6-7H2,1H3,(H,15,17)(H,16,20). The van der Waals surface area contributed by atoms with Crippen LogP contribution in [0.5, 0.6) is 5.75 Å². The van der Waals surface area contributed by atoms with E-state index in [2.05, 4.69) is 15.4 Å². The topological polar surface area (TPSA) is 111 Å². The minimum absolute atomic E-state index is 0.0481. The molecule has 1 atom stereocenters. The van der Waals surface area contributed by atoms with Gasteiger partial charge in [-0.1, -0.05) is 0 Å². The fourth-order valence-electron chi connectivity index (χ4n) is 1.84. The van der Waals surface area contributed by atoms with E-state index in [4.69, 9.17) is 4.74 Å². The summed E-state index contributed by atoms with van der Waals surface area (Å²) in [6.07, 6.45) is -0.752. The summed E-state index contributed by atoms with van der Waals surface area (Å²) < 4.78 is 9.37. The molecule has 0 aromatic heterocycles. The molecule has 8 nitrogen and oxygen atoms in total. The van der Waals surface area contributed by atoms with Crippen LogP contribution in [0, 0.1) is 0 Å². The number of nitrogens with one attached hydrogen (secondary N) is 2. The Labute approximate surface area is 125 Å². The number of esters is 2. The van der Waals surface area contributed by atoms with E-state index in [1.165, 1.54) is 19.1 Å². The van der Waals surface area contributed by atoms with Gasteiger partial charge in [0.15, 0.2) is 0 Å². The van der Waals surface area contributed by atoms with Gasteiger partial charge in [-0.3, -0.25) is 9.59 Å². The number of rotatable bonds is 5. The highest BCUT2D eigenvalue weighted by atomic mass is 16.6. The number of cyclic esters (lactones) is 2. The second kappa shape index (κ2) is 6.70. The molecular weight excluding hydrogens is 292 g/mol. The van der Waals surface area contributed by atoms with Gasteiger partial charge >= 0.3 is 18.0 Å². The Kier molecular flexibility index (Phi) is 4.72. The van der Waals surface area contributed by atoms with Crippen LogP contribution in [0.15, 0.2) is 24.3 Å². The number of amides is 2. The van der Waals surface area contributed by atoms with Crippen LogP contribution in [0.1, 0.15) is 19.8 Å². The van der Waals surface area contributed by atoms with E-state index >= 15 is 0 Å². The first-order chi connectivity index (χ1) is 10.4. The van der Waals surface area contributed by atoms with Crippen molar-refractivity contribution >= 4 is 29.6 Å². The Morgan fingerprint density at radius 1 is 1.27 bits per heavy atom. The van der Waals surface area contributed by atoms with E-state index in [0.29, 0.717) is 11.4 Å². The smallest absolute Gasteiger partial charge is 0.415 e. The number of alkyl carbamates (subject to hydrolysis) is 1. The van der Waals surface area contributed by atoms with Crippen molar-refractivity contribution in [1.82, 2.24) is 5.32 Å². The highest BCUT2D eigenvalue weighted by molar-refractivity contribution is 5.95. The van der Waals surface area contributed by atoms with Gasteiger partial charge in [0.25, 0.3) is 0 Å². The Morgan fingerprint density at radius 2 is 1.95 bits per heavy atom. The number of benzene rings is 1. The summed E-state index contributed by atoms with van der Waals surface area (Å²) in [6.45, 7) is 1.39. The molecule has 0 saturated carbocycles. The molecule has 22 heavy (non-hydrogen) atoms. The zero-order valence-corrected chi connectivity index (χ0v) is 11.8. The highest BCUT2D eigenvalue weighted by Gasteiger charge is 2.32. The van der Waals surface area contributed by atoms with E-state index in [0.717, 1.165) is 0 Å². The Bertz CT molecular complexity index is 610. The summed E-state index contributed by atoms with van der Waals surface area (Å²) in [5.74, 6) is -1.12. The van der Waals surface area contributed by atoms with Crippen molar-refractivity contribution in [3.8, 4) is 5.75 Å². The van der Waals surface area contributed by atoms with Gasteiger partial charge in [0.1, 0.15) is 11.8 Å². The zero-order valence-electron chi connectivity index (χ0n) is 11.8. The molecule has 1 saturated heterocycles. The summed E-state index contributed by atoms with van der Waals surface area (Å²) in [7, 11) is 0. The van der Waals surface area contributed by atoms with E-state index in [1.807, 2.05) is 0 Å². The van der Waals surface area contributed by atoms with Gasteiger partial charge in [-0.2, -0.15) is 0 Å². The van der Waals surface area contributed by atoms with Gasteiger partial charge < -0.3 is 20.1 Å². The van der Waals surface area contributed by atoms with Crippen molar-refractivity contribution in [2.75, 3.05) is 5.32 Å². The van der Waals surface area contributed by atoms with Crippen molar-refractivity contribution in [2.24, 2.45) is 0 Å². The molecule has 0 spiro atoms. The number of carbonyl (C=O) groups is 4. The largest absolute Gasteiger partial charge is 0.427 e. The van der Waals surface area contributed by atoms with Gasteiger partial charge in [0.05, 0.1) is 0 Å². The number of carbonyl (C=O) groups excluding carboxylic acids is 4. The first kappa shape index (κ1) is 15.5. The van der Waals surface area contributed by atoms with E-state index in [-0.39, 0.29) is 18.7 Å². The fraction of sp³-hybridized carbons (Fsp3) is 0.286. The molecule has 1 aromatic rings. The number of anilines is 1. The third-order valence-electron chi connectivity index (χ3n) is 2.81. The van der Waals surface area contributed by atoms with E-state index in [1.54, 1.807) is 12.1 Å². The predicted molar refractivity (Wildman–Crippen MR) is 74.0 cm³/mol. The SMILES string of the molecule is CC(=O)Nc1ccc(OC(=O)CCC2NC(=O)OC2=O)cc1. The summed E-state index contributed by atoms with van der Waals surface area (Å²) in [4.78, 5) is 44.5. The Hall–Kier alpha value is -2.90. The second-order valence-electron chi connectivity index (χ2n) is 4.62. The molecule has 1 aromatic carbocycles. The van der Waals surface area contributed by atoms with Gasteiger partial charge in [0.2, 0.25) is 5.91 Å². The third-order valence-corrected chi connectivity index (χ3v) is 2.81. The minimum Gasteiger partial charge on any atom is -0.427 e. The van der Waals surface area contributed by atoms with Gasteiger partial charge in [-0.05, 0) is 30.7 Å². The van der Waals surface area contributed by atoms with Crippen molar-refractivity contribution in [2.45, 2.75) is 25.8 Å². The van der Waals surface area contributed by atoms with Crippen molar-refractivity contribution in [3.05, 3.63) is 24.3 Å². The first-order valence-corrected chi connectivity index (χ1v) is 6.54. The Balaban J connectivity index is 1.80. The molecule has 0 aliphatic carbocycles. The van der Waals surface area contributed by atoms with Crippen LogP contribution >= 0.6 is 0 Å². The Morgan fingerprint density at radius 3 is 2.50 bits per heavy atom. The van der Waals surface area contributed by atoms with Crippen molar-refractivity contribution in [1.29, 1.82) is 0 Å². The first-order valence-electron chi connectivity index (χ1n) is 6.54. The molecule has 1 aliphatic rings. The average molecular weight is 306 g/mol. The lowest BCUT2D eigenvalue weighted by molar-refractivity contribution is -0.136. The van der Waals surface area contributed by atoms with Gasteiger partial charge in [0, 0.05) is 19.0 Å². The van der Waals surface area contributed by atoms with Crippen LogP contribution in [-0.2, 0) is 19.1 Å². The normalized spacial score (nSPS) is 16.7. The molecular formula is C14H14N2O6. The maximum atomic E-state index is 11.7. The molecule has 2 amide bonds. The van der Waals surface area contributed by atoms with Crippen LogP contribution in [0.2, 0.25) is 0 Å². The molecule has 1 unspecified atom stereocenters. The molecule has 0 radical (unpaired) electrons. The molecule has 116 valence electrons. The molecule has 2 rings (SSSR count). The van der Waals surface area contributed by atoms with Crippen LogP contribution in [0.3, 0.4) is 0 Å². The maximum absolute atomic E-state index is 11.7. The predicted octanol–water partition coefficient (Wildman–Crippen LogP) is 0.966. The second-order valence-corrected chi connectivity index (χ2v) is 4.62. The summed E-state index contributed by atoms with van der Waals surface area (Å²) in [5.41, 5.74) is 0.587. The van der Waals surface area contributed by atoms with Crippen molar-refractivity contribution < 1.29 is 28.7 Å². The molecule has 0 bridgehead atoms. The molecule has 1 heterocycles. The number of hydrogen-bond donors (Lipinski definition) is 2. The average Bonchev–Trinajstić information content (AvgIpc) is 2.76.